The van der Waals surface area contributed by atoms with Crippen molar-refractivity contribution in [3.05, 3.63) is 11.7 Å². The van der Waals surface area contributed by atoms with Crippen molar-refractivity contribution in [3.63, 3.8) is 0 Å². The van der Waals surface area contributed by atoms with Gasteiger partial charge in [-0.2, -0.15) is 4.98 Å². The second-order valence-corrected chi connectivity index (χ2v) is 10.1. The third-order valence-corrected chi connectivity index (χ3v) is 7.18. The van der Waals surface area contributed by atoms with E-state index in [0.717, 1.165) is 24.2 Å². The van der Waals surface area contributed by atoms with E-state index >= 15 is 0 Å². The molecule has 1 aliphatic carbocycles. The normalized spacial score (nSPS) is 24.6. The minimum absolute atomic E-state index is 0.214. The molecule has 1 aromatic rings. The smallest absolute Gasteiger partial charge is 0.325 e. The van der Waals surface area contributed by atoms with Crippen molar-refractivity contribution in [2.45, 2.75) is 91.1 Å². The van der Waals surface area contributed by atoms with E-state index in [0.29, 0.717) is 36.9 Å². The zero-order valence-electron chi connectivity index (χ0n) is 19.5. The number of carbonyl (C=O) groups excluding carboxylic acids is 3. The Morgan fingerprint density at radius 1 is 1.23 bits per heavy atom. The van der Waals surface area contributed by atoms with Gasteiger partial charge < -0.3 is 15.2 Å². The summed E-state index contributed by atoms with van der Waals surface area (Å²) in [5.41, 5.74) is -1.56. The molecule has 0 atom stereocenters. The molecular weight excluding hydrogens is 398 g/mol. The molecule has 0 radical (unpaired) electrons. The molecule has 1 saturated carbocycles. The van der Waals surface area contributed by atoms with Crippen LogP contribution in [0.5, 0.6) is 0 Å². The summed E-state index contributed by atoms with van der Waals surface area (Å²) in [5.74, 6) is 0.604. The number of carbonyl (C=O) groups is 3. The van der Waals surface area contributed by atoms with E-state index in [1.807, 2.05) is 6.92 Å². The topological polar surface area (TPSA) is 117 Å². The molecule has 0 bridgehead atoms. The number of aryl methyl sites for hydroxylation is 1. The van der Waals surface area contributed by atoms with E-state index < -0.39 is 23.0 Å². The lowest BCUT2D eigenvalue weighted by Crippen LogP contribution is -2.51. The molecule has 172 valence electrons. The van der Waals surface area contributed by atoms with Gasteiger partial charge >= 0.3 is 6.03 Å². The van der Waals surface area contributed by atoms with Crippen molar-refractivity contribution >= 4 is 17.8 Å². The summed E-state index contributed by atoms with van der Waals surface area (Å²) in [6.45, 7) is 11.8. The number of nitrogens with one attached hydrogen (secondary N) is 2. The molecule has 9 nitrogen and oxygen atoms in total. The lowest BCUT2D eigenvalue weighted by atomic mass is 9.65. The first-order valence-corrected chi connectivity index (χ1v) is 11.2. The molecular formula is C22H35N5O4. The average molecular weight is 434 g/mol. The quantitative estimate of drug-likeness (QED) is 0.639. The van der Waals surface area contributed by atoms with Crippen molar-refractivity contribution in [1.29, 1.82) is 0 Å². The fraction of sp³-hybridized carbons (Fsp3) is 0.773. The number of imide groups is 1. The van der Waals surface area contributed by atoms with Crippen LogP contribution >= 0.6 is 0 Å². The van der Waals surface area contributed by atoms with Gasteiger partial charge in [-0.05, 0) is 50.9 Å². The summed E-state index contributed by atoms with van der Waals surface area (Å²) in [7, 11) is 0. The summed E-state index contributed by atoms with van der Waals surface area (Å²) in [4.78, 5) is 43.7. The van der Waals surface area contributed by atoms with Crippen LogP contribution in [0.25, 0.3) is 0 Å². The summed E-state index contributed by atoms with van der Waals surface area (Å²) >= 11 is 0. The van der Waals surface area contributed by atoms with E-state index in [9.17, 15) is 14.4 Å². The number of nitrogens with zero attached hydrogens (tertiary/aromatic N) is 3. The van der Waals surface area contributed by atoms with Crippen molar-refractivity contribution in [1.82, 2.24) is 25.7 Å². The summed E-state index contributed by atoms with van der Waals surface area (Å²) in [6, 6.07) is -0.501. The van der Waals surface area contributed by atoms with Crippen molar-refractivity contribution in [2.24, 2.45) is 11.3 Å². The van der Waals surface area contributed by atoms with Crippen LogP contribution in [-0.2, 0) is 21.5 Å². The first-order valence-electron chi connectivity index (χ1n) is 11.2. The number of hydrogen-bond acceptors (Lipinski definition) is 6. The van der Waals surface area contributed by atoms with Crippen LogP contribution in [0.15, 0.2) is 4.52 Å². The Hall–Kier alpha value is -2.45. The maximum absolute atomic E-state index is 13.2. The van der Waals surface area contributed by atoms with Gasteiger partial charge in [0.1, 0.15) is 12.1 Å². The van der Waals surface area contributed by atoms with E-state index in [1.54, 1.807) is 13.8 Å². The third-order valence-electron chi connectivity index (χ3n) is 7.18. The van der Waals surface area contributed by atoms with E-state index in [1.165, 1.54) is 0 Å². The van der Waals surface area contributed by atoms with Crippen LogP contribution in [0.3, 0.4) is 0 Å². The highest BCUT2D eigenvalue weighted by atomic mass is 16.5. The zero-order chi connectivity index (χ0) is 23.0. The SMILES string of the molecule is CCc1nc(C(C)(C)NC(=O)CN2C(=O)NC3(CCC(C(C)(C)CC)CC3)C2=O)no1. The van der Waals surface area contributed by atoms with Crippen molar-refractivity contribution < 1.29 is 18.9 Å². The van der Waals surface area contributed by atoms with Gasteiger partial charge in [0, 0.05) is 6.42 Å². The molecule has 2 N–H and O–H groups in total. The van der Waals surface area contributed by atoms with Crippen LogP contribution in [-0.4, -0.2) is 45.0 Å². The second kappa shape index (κ2) is 8.24. The van der Waals surface area contributed by atoms with Crippen molar-refractivity contribution in [2.75, 3.05) is 6.54 Å². The van der Waals surface area contributed by atoms with Gasteiger partial charge in [0.2, 0.25) is 11.8 Å². The molecule has 2 heterocycles. The third kappa shape index (κ3) is 4.45. The predicted molar refractivity (Wildman–Crippen MR) is 114 cm³/mol. The Kier molecular flexibility index (Phi) is 6.17. The first kappa shape index (κ1) is 23.2. The molecule has 0 aromatic carbocycles. The highest BCUT2D eigenvalue weighted by Crippen LogP contribution is 2.45. The van der Waals surface area contributed by atoms with Crippen molar-refractivity contribution in [3.8, 4) is 0 Å². The fourth-order valence-electron chi connectivity index (χ4n) is 4.58. The van der Waals surface area contributed by atoms with Crippen LogP contribution in [0.4, 0.5) is 4.79 Å². The summed E-state index contributed by atoms with van der Waals surface area (Å²) in [6.07, 6.45) is 4.66. The number of aromatic nitrogens is 2. The lowest BCUT2D eigenvalue weighted by molar-refractivity contribution is -0.136. The molecule has 1 aliphatic heterocycles. The molecule has 31 heavy (non-hydrogen) atoms. The maximum Gasteiger partial charge on any atom is 0.325 e. The lowest BCUT2D eigenvalue weighted by Gasteiger charge is -2.42. The van der Waals surface area contributed by atoms with E-state index in [4.69, 9.17) is 4.52 Å². The predicted octanol–water partition coefficient (Wildman–Crippen LogP) is 2.90. The van der Waals surface area contributed by atoms with Gasteiger partial charge in [0.05, 0.1) is 5.54 Å². The Balaban J connectivity index is 1.63. The van der Waals surface area contributed by atoms with Crippen LogP contribution < -0.4 is 10.6 Å². The fourth-order valence-corrected chi connectivity index (χ4v) is 4.58. The Labute approximate surface area is 183 Å². The van der Waals surface area contributed by atoms with Gasteiger partial charge in [-0.15, -0.1) is 0 Å². The molecule has 2 fully saturated rings. The maximum atomic E-state index is 13.2. The number of urea groups is 1. The number of hydrogen-bond donors (Lipinski definition) is 2. The van der Waals surface area contributed by atoms with Crippen LogP contribution in [0, 0.1) is 11.3 Å². The van der Waals surface area contributed by atoms with Gasteiger partial charge in [0.15, 0.2) is 5.82 Å². The number of rotatable bonds is 7. The largest absolute Gasteiger partial charge is 0.342 e. The molecule has 2 aliphatic rings. The van der Waals surface area contributed by atoms with Gasteiger partial charge in [-0.3, -0.25) is 14.5 Å². The summed E-state index contributed by atoms with van der Waals surface area (Å²) < 4.78 is 5.12. The Morgan fingerprint density at radius 3 is 2.42 bits per heavy atom. The van der Waals surface area contributed by atoms with Gasteiger partial charge in [-0.1, -0.05) is 39.3 Å². The molecule has 9 heteroatoms. The minimum Gasteiger partial charge on any atom is -0.342 e. The first-order chi connectivity index (χ1) is 14.4. The molecule has 3 rings (SSSR count). The minimum atomic E-state index is -0.894. The van der Waals surface area contributed by atoms with E-state index in [2.05, 4.69) is 41.5 Å². The molecule has 1 spiro atoms. The second-order valence-electron chi connectivity index (χ2n) is 10.1. The molecule has 1 aromatic heterocycles. The highest BCUT2D eigenvalue weighted by molar-refractivity contribution is 6.09. The molecule has 0 unspecified atom stereocenters. The van der Waals surface area contributed by atoms with Gasteiger partial charge in [-0.25, -0.2) is 4.79 Å². The summed E-state index contributed by atoms with van der Waals surface area (Å²) in [5, 5.41) is 9.61. The highest BCUT2D eigenvalue weighted by Gasteiger charge is 2.53. The zero-order valence-corrected chi connectivity index (χ0v) is 19.5. The average Bonchev–Trinajstić information content (AvgIpc) is 3.28. The van der Waals surface area contributed by atoms with Gasteiger partial charge in [0.25, 0.3) is 5.91 Å². The monoisotopic (exact) mass is 433 g/mol. The molecule has 1 saturated heterocycles. The van der Waals surface area contributed by atoms with Crippen LogP contribution in [0.2, 0.25) is 0 Å². The molecule has 4 amide bonds. The number of amides is 4. The standard InChI is InChI=1S/C22H35N5O4/c1-7-16-23-17(26-31-16)21(5,6)24-15(28)13-27-18(29)22(25-19(27)30)11-9-14(10-12-22)20(3,4)8-2/h14H,7-13H2,1-6H3,(H,24,28)(H,25,30). The Bertz CT molecular complexity index is 852. The van der Waals surface area contributed by atoms with E-state index in [-0.39, 0.29) is 17.9 Å². The Morgan fingerprint density at radius 2 is 1.87 bits per heavy atom. The van der Waals surface area contributed by atoms with Crippen LogP contribution in [0.1, 0.15) is 85.4 Å².